The van der Waals surface area contributed by atoms with E-state index in [1.165, 1.54) is 55.8 Å². The first-order valence-corrected chi connectivity index (χ1v) is 19.6. The lowest BCUT2D eigenvalue weighted by atomic mass is 9.91. The fraction of sp³-hybridized carbons (Fsp3) is 0.136. The van der Waals surface area contributed by atoms with Gasteiger partial charge in [0.2, 0.25) is 0 Å². The van der Waals surface area contributed by atoms with Crippen molar-refractivity contribution in [3.8, 4) is 0 Å². The summed E-state index contributed by atoms with van der Waals surface area (Å²) in [5.41, 5.74) is 2.40. The van der Waals surface area contributed by atoms with Crippen LogP contribution in [0.2, 0.25) is 0 Å². The quantitative estimate of drug-likeness (QED) is 0.105. The highest BCUT2D eigenvalue weighted by molar-refractivity contribution is 7.80. The lowest BCUT2D eigenvalue weighted by molar-refractivity contribution is 0.390. The minimum Gasteiger partial charge on any atom is -0.287 e. The first kappa shape index (κ1) is 32.1. The molecule has 0 bridgehead atoms. The van der Waals surface area contributed by atoms with Crippen molar-refractivity contribution >= 4 is 60.1 Å². The van der Waals surface area contributed by atoms with Crippen molar-refractivity contribution in [3.05, 3.63) is 181 Å². The Labute approximate surface area is 287 Å². The summed E-state index contributed by atoms with van der Waals surface area (Å²) in [6.07, 6.45) is 8.81. The van der Waals surface area contributed by atoms with Gasteiger partial charge in [0, 0.05) is 23.6 Å². The van der Waals surface area contributed by atoms with Crippen LogP contribution in [0.3, 0.4) is 0 Å². The zero-order valence-corrected chi connectivity index (χ0v) is 28.9. The molecule has 6 aromatic rings. The fourth-order valence-electron chi connectivity index (χ4n) is 6.55. The van der Waals surface area contributed by atoms with Crippen LogP contribution in [-0.2, 0) is 0 Å². The average molecular weight is 659 g/mol. The molecular formula is C44H40N2P2. The van der Waals surface area contributed by atoms with Gasteiger partial charge in [-0.2, -0.15) is 0 Å². The summed E-state index contributed by atoms with van der Waals surface area (Å²) < 4.78 is 0. The Balaban J connectivity index is 1.19. The van der Waals surface area contributed by atoms with Gasteiger partial charge >= 0.3 is 0 Å². The van der Waals surface area contributed by atoms with Crippen molar-refractivity contribution in [1.82, 2.24) is 0 Å². The van der Waals surface area contributed by atoms with Gasteiger partial charge in [-0.25, -0.2) is 0 Å². The number of hydrogen-bond acceptors (Lipinski definition) is 2. The van der Waals surface area contributed by atoms with E-state index in [2.05, 4.69) is 182 Å². The SMILES string of the molecule is C(=N/C1CCCCC1/N=C/c1ccccc1P(c1ccccc1)c1ccccc1)/c1ccccc1P(c1ccccc1)c1ccccc1. The molecule has 236 valence electrons. The largest absolute Gasteiger partial charge is 0.287 e. The molecule has 1 saturated carbocycles. The van der Waals surface area contributed by atoms with E-state index >= 15 is 0 Å². The number of rotatable bonds is 10. The Morgan fingerprint density at radius 1 is 0.375 bits per heavy atom. The zero-order valence-electron chi connectivity index (χ0n) is 27.1. The molecule has 7 rings (SSSR count). The van der Waals surface area contributed by atoms with E-state index in [4.69, 9.17) is 9.98 Å². The average Bonchev–Trinajstić information content (AvgIpc) is 3.16. The van der Waals surface area contributed by atoms with Gasteiger partial charge in [-0.05, 0) is 60.5 Å². The van der Waals surface area contributed by atoms with Crippen LogP contribution < -0.4 is 31.8 Å². The summed E-state index contributed by atoms with van der Waals surface area (Å²) in [5, 5.41) is 8.09. The molecule has 1 aliphatic carbocycles. The lowest BCUT2D eigenvalue weighted by Crippen LogP contribution is -2.28. The number of aliphatic imine (C=N–C) groups is 2. The summed E-state index contributed by atoms with van der Waals surface area (Å²) in [7, 11) is -1.42. The van der Waals surface area contributed by atoms with Crippen LogP contribution in [0.25, 0.3) is 0 Å². The second kappa shape index (κ2) is 16.1. The summed E-state index contributed by atoms with van der Waals surface area (Å²) in [6.45, 7) is 0. The van der Waals surface area contributed by atoms with Gasteiger partial charge in [0.1, 0.15) is 0 Å². The Kier molecular flexibility index (Phi) is 10.7. The van der Waals surface area contributed by atoms with Crippen LogP contribution in [0, 0.1) is 0 Å². The Morgan fingerprint density at radius 2 is 0.667 bits per heavy atom. The molecule has 0 amide bonds. The first-order chi connectivity index (χ1) is 23.8. The van der Waals surface area contributed by atoms with E-state index in [-0.39, 0.29) is 12.1 Å². The minimum atomic E-state index is -0.712. The maximum Gasteiger partial charge on any atom is 0.0723 e. The van der Waals surface area contributed by atoms with Crippen molar-refractivity contribution in [2.45, 2.75) is 37.8 Å². The summed E-state index contributed by atoms with van der Waals surface area (Å²) in [5.74, 6) is 0. The first-order valence-electron chi connectivity index (χ1n) is 16.9. The van der Waals surface area contributed by atoms with Gasteiger partial charge < -0.3 is 0 Å². The van der Waals surface area contributed by atoms with Gasteiger partial charge in [-0.3, -0.25) is 9.98 Å². The minimum absolute atomic E-state index is 0.166. The van der Waals surface area contributed by atoms with Crippen LogP contribution in [0.5, 0.6) is 0 Å². The standard InChI is InChI=1S/C44H40N2P2/c1-5-21-37(22-6-1)47(38-23-7-2-8-24-38)43-31-17-13-19-35(43)33-45-41-29-15-16-30-42(41)46-34-36-20-14-18-32-44(36)48(39-25-9-3-10-26-39)40-27-11-4-12-28-40/h1-14,17-28,31-34,41-42H,15-16,29-30H2/b45-33-,46-34+. The maximum atomic E-state index is 5.31. The molecule has 2 nitrogen and oxygen atoms in total. The molecule has 1 aliphatic rings. The molecule has 0 aromatic heterocycles. The van der Waals surface area contributed by atoms with Crippen molar-refractivity contribution in [3.63, 3.8) is 0 Å². The smallest absolute Gasteiger partial charge is 0.0723 e. The topological polar surface area (TPSA) is 24.7 Å². The van der Waals surface area contributed by atoms with E-state index < -0.39 is 15.8 Å². The molecule has 4 heteroatoms. The molecule has 0 saturated heterocycles. The molecule has 0 radical (unpaired) electrons. The molecule has 6 aromatic carbocycles. The van der Waals surface area contributed by atoms with Crippen LogP contribution >= 0.6 is 15.8 Å². The van der Waals surface area contributed by atoms with Crippen molar-refractivity contribution < 1.29 is 0 Å². The molecule has 0 heterocycles. The zero-order chi connectivity index (χ0) is 32.4. The molecule has 48 heavy (non-hydrogen) atoms. The third-order valence-electron chi connectivity index (χ3n) is 8.92. The van der Waals surface area contributed by atoms with Gasteiger partial charge in [0.25, 0.3) is 0 Å². The molecule has 0 aliphatic heterocycles. The Morgan fingerprint density at radius 3 is 1.00 bits per heavy atom. The molecule has 1 fully saturated rings. The number of hydrogen-bond donors (Lipinski definition) is 0. The molecule has 0 N–H and O–H groups in total. The van der Waals surface area contributed by atoms with Crippen LogP contribution in [0.4, 0.5) is 0 Å². The van der Waals surface area contributed by atoms with Crippen molar-refractivity contribution in [2.24, 2.45) is 9.98 Å². The third kappa shape index (κ3) is 7.63. The van der Waals surface area contributed by atoms with Gasteiger partial charge in [-0.15, -0.1) is 0 Å². The van der Waals surface area contributed by atoms with Crippen LogP contribution in [-0.4, -0.2) is 24.5 Å². The van der Waals surface area contributed by atoms with Crippen LogP contribution in [0.15, 0.2) is 180 Å². The van der Waals surface area contributed by atoms with E-state index in [0.29, 0.717) is 0 Å². The highest BCUT2D eigenvalue weighted by Crippen LogP contribution is 2.35. The third-order valence-corrected chi connectivity index (χ3v) is 14.0. The summed E-state index contributed by atoms with van der Waals surface area (Å²) in [6, 6.07) is 61.7. The number of benzene rings is 6. The number of nitrogens with zero attached hydrogens (tertiary/aromatic N) is 2. The normalized spacial score (nSPS) is 16.6. The van der Waals surface area contributed by atoms with Gasteiger partial charge in [0.05, 0.1) is 12.1 Å². The highest BCUT2D eigenvalue weighted by Gasteiger charge is 2.25. The Bertz CT molecular complexity index is 1720. The van der Waals surface area contributed by atoms with E-state index in [1.54, 1.807) is 0 Å². The molecule has 2 unspecified atom stereocenters. The van der Waals surface area contributed by atoms with Crippen LogP contribution in [0.1, 0.15) is 36.8 Å². The molecule has 2 atom stereocenters. The summed E-state index contributed by atoms with van der Waals surface area (Å²) >= 11 is 0. The predicted octanol–water partition coefficient (Wildman–Crippen LogP) is 8.05. The second-order valence-corrected chi connectivity index (χ2v) is 16.5. The summed E-state index contributed by atoms with van der Waals surface area (Å²) in [4.78, 5) is 10.6. The van der Waals surface area contributed by atoms with Crippen molar-refractivity contribution in [2.75, 3.05) is 0 Å². The van der Waals surface area contributed by atoms with Gasteiger partial charge in [-0.1, -0.05) is 183 Å². The fourth-order valence-corrected chi connectivity index (χ4v) is 11.4. The lowest BCUT2D eigenvalue weighted by Gasteiger charge is -2.26. The predicted molar refractivity (Wildman–Crippen MR) is 212 cm³/mol. The highest BCUT2D eigenvalue weighted by atomic mass is 31.1. The monoisotopic (exact) mass is 658 g/mol. The van der Waals surface area contributed by atoms with E-state index in [9.17, 15) is 0 Å². The van der Waals surface area contributed by atoms with Crippen molar-refractivity contribution in [1.29, 1.82) is 0 Å². The molecule has 0 spiro atoms. The second-order valence-electron chi connectivity index (χ2n) is 12.1. The maximum absolute atomic E-state index is 5.31. The van der Waals surface area contributed by atoms with Gasteiger partial charge in [0.15, 0.2) is 0 Å². The van der Waals surface area contributed by atoms with E-state index in [0.717, 1.165) is 12.8 Å². The van der Waals surface area contributed by atoms with E-state index in [1.807, 2.05) is 0 Å². The Hall–Kier alpha value is -4.48. The molecular weight excluding hydrogens is 618 g/mol.